The van der Waals surface area contributed by atoms with Crippen LogP contribution in [0.15, 0.2) is 91.9 Å². The van der Waals surface area contributed by atoms with Crippen molar-refractivity contribution in [2.45, 2.75) is 70.1 Å². The van der Waals surface area contributed by atoms with Crippen molar-refractivity contribution in [2.75, 3.05) is 0 Å². The van der Waals surface area contributed by atoms with Crippen molar-refractivity contribution >= 4 is 35.1 Å². The molecule has 2 saturated carbocycles. The van der Waals surface area contributed by atoms with Crippen molar-refractivity contribution in [3.05, 3.63) is 93.3 Å². The molecule has 0 aromatic heterocycles. The summed E-state index contributed by atoms with van der Waals surface area (Å²) in [6.07, 6.45) is 11.3. The van der Waals surface area contributed by atoms with Gasteiger partial charge in [0.2, 0.25) is 5.78 Å². The second-order valence-electron chi connectivity index (χ2n) is 12.6. The van der Waals surface area contributed by atoms with Gasteiger partial charge in [0.15, 0.2) is 0 Å². The predicted octanol–water partition coefficient (Wildman–Crippen LogP) is 9.13. The Balaban J connectivity index is 1.43. The minimum Gasteiger partial charge on any atom is -0.300 e. The van der Waals surface area contributed by atoms with E-state index in [0.29, 0.717) is 23.5 Å². The number of rotatable bonds is 5. The van der Waals surface area contributed by atoms with Crippen LogP contribution in [0, 0.1) is 48.3 Å². The molecule has 4 heteroatoms. The number of hydrogen-bond donors (Lipinski definition) is 0. The van der Waals surface area contributed by atoms with E-state index in [1.54, 1.807) is 30.4 Å². The highest BCUT2D eigenvalue weighted by atomic mass is 32.2. The van der Waals surface area contributed by atoms with Crippen molar-refractivity contribution in [3.63, 3.8) is 0 Å². The third-order valence-electron chi connectivity index (χ3n) is 10.3. The highest BCUT2D eigenvalue weighted by Crippen LogP contribution is 2.66. The standard InChI is InChI=1S/C35H38O2S2/c1-21-6-10-24(11-7-21)38-31-20-35(5)29-18-19-34(4)27(23(3)36)16-17-28(34)26(29)14-15-30(35)33(32(31)37)39-25-12-8-22(2)9-13-25/h6-15,20,26-29H,16-19H2,1-5H3/t26-,27+,28-,29-,34+,35+/m0/s1. The summed E-state index contributed by atoms with van der Waals surface area (Å²) in [6, 6.07) is 17.0. The van der Waals surface area contributed by atoms with Crippen LogP contribution < -0.4 is 0 Å². The summed E-state index contributed by atoms with van der Waals surface area (Å²) in [7, 11) is 0. The molecule has 39 heavy (non-hydrogen) atoms. The predicted molar refractivity (Wildman–Crippen MR) is 163 cm³/mol. The van der Waals surface area contributed by atoms with Gasteiger partial charge in [-0.1, -0.05) is 91.0 Å². The molecule has 0 N–H and O–H groups in total. The largest absolute Gasteiger partial charge is 0.300 e. The first-order chi connectivity index (χ1) is 18.6. The van der Waals surface area contributed by atoms with Gasteiger partial charge in [-0.05, 0) is 99.5 Å². The van der Waals surface area contributed by atoms with Gasteiger partial charge in [0, 0.05) is 21.1 Å². The Morgan fingerprint density at radius 1 is 0.846 bits per heavy atom. The van der Waals surface area contributed by atoms with Gasteiger partial charge in [0.1, 0.15) is 5.78 Å². The summed E-state index contributed by atoms with van der Waals surface area (Å²) in [5.41, 5.74) is 3.49. The second-order valence-corrected chi connectivity index (χ2v) is 14.8. The van der Waals surface area contributed by atoms with Crippen LogP contribution in [0.1, 0.15) is 57.6 Å². The Morgan fingerprint density at radius 3 is 2.08 bits per heavy atom. The number of ketones is 2. The summed E-state index contributed by atoms with van der Waals surface area (Å²) in [6.45, 7) is 10.7. The van der Waals surface area contributed by atoms with Crippen LogP contribution in [0.3, 0.4) is 0 Å². The molecule has 6 rings (SSSR count). The maximum absolute atomic E-state index is 14.1. The van der Waals surface area contributed by atoms with Crippen LogP contribution in [0.2, 0.25) is 0 Å². The average molecular weight is 555 g/mol. The van der Waals surface area contributed by atoms with Crippen LogP contribution in [-0.2, 0) is 9.59 Å². The summed E-state index contributed by atoms with van der Waals surface area (Å²) in [4.78, 5) is 30.6. The highest BCUT2D eigenvalue weighted by Gasteiger charge is 2.59. The first kappa shape index (κ1) is 26.9. The molecule has 0 unspecified atom stereocenters. The van der Waals surface area contributed by atoms with Crippen molar-refractivity contribution in [2.24, 2.45) is 34.5 Å². The number of allylic oxidation sites excluding steroid dienone is 6. The van der Waals surface area contributed by atoms with Crippen molar-refractivity contribution in [1.82, 2.24) is 0 Å². The van der Waals surface area contributed by atoms with E-state index in [9.17, 15) is 9.59 Å². The normalized spacial score (nSPS) is 33.4. The Hall–Kier alpha value is -2.30. The summed E-state index contributed by atoms with van der Waals surface area (Å²) < 4.78 is 0. The molecule has 4 aliphatic carbocycles. The van der Waals surface area contributed by atoms with Crippen LogP contribution in [-0.4, -0.2) is 11.6 Å². The summed E-state index contributed by atoms with van der Waals surface area (Å²) in [5.74, 6) is 2.07. The zero-order valence-corrected chi connectivity index (χ0v) is 25.3. The van der Waals surface area contributed by atoms with Gasteiger partial charge in [0.05, 0.1) is 9.81 Å². The minimum atomic E-state index is -0.219. The van der Waals surface area contributed by atoms with Gasteiger partial charge in [-0.2, -0.15) is 0 Å². The van der Waals surface area contributed by atoms with E-state index in [-0.39, 0.29) is 22.5 Å². The fourth-order valence-corrected chi connectivity index (χ4v) is 10.3. The number of benzene rings is 2. The lowest BCUT2D eigenvalue weighted by molar-refractivity contribution is -0.126. The van der Waals surface area contributed by atoms with Crippen LogP contribution >= 0.6 is 23.5 Å². The van der Waals surface area contributed by atoms with Crippen molar-refractivity contribution < 1.29 is 9.59 Å². The highest BCUT2D eigenvalue weighted by molar-refractivity contribution is 8.06. The number of Topliss-reactive ketones (excluding diaryl/α,β-unsaturated/α-hetero) is 2. The number of fused-ring (bicyclic) bond motifs is 5. The molecular weight excluding hydrogens is 517 g/mol. The molecule has 6 atom stereocenters. The molecule has 2 aromatic carbocycles. The maximum Gasteiger partial charge on any atom is 0.206 e. The molecule has 2 nitrogen and oxygen atoms in total. The van der Waals surface area contributed by atoms with Crippen LogP contribution in [0.4, 0.5) is 0 Å². The van der Waals surface area contributed by atoms with Gasteiger partial charge >= 0.3 is 0 Å². The molecular formula is C35H38O2S2. The molecule has 0 spiro atoms. The van der Waals surface area contributed by atoms with Crippen molar-refractivity contribution in [1.29, 1.82) is 0 Å². The van der Waals surface area contributed by atoms with Crippen LogP contribution in [0.25, 0.3) is 0 Å². The number of carbonyl (C=O) groups excluding carboxylic acids is 2. The molecule has 0 bridgehead atoms. The number of carbonyl (C=O) groups is 2. The summed E-state index contributed by atoms with van der Waals surface area (Å²) >= 11 is 3.23. The minimum absolute atomic E-state index is 0.0854. The first-order valence-corrected chi connectivity index (χ1v) is 15.9. The Bertz CT molecular complexity index is 1410. The van der Waals surface area contributed by atoms with E-state index in [1.807, 2.05) is 0 Å². The SMILES string of the molecule is CC(=O)[C@H]1CC[C@H]2[C@@H]3C=CC4=C(Sc5ccc(C)cc5)C(=O)C(Sc5ccc(C)cc5)=C[C@]4(C)[C@H]3CC[C@]12C. The van der Waals surface area contributed by atoms with Gasteiger partial charge in [-0.25, -0.2) is 0 Å². The molecule has 2 aromatic rings. The number of aryl methyl sites for hydroxylation is 2. The fraction of sp³-hybridized carbons (Fsp3) is 0.429. The van der Waals surface area contributed by atoms with Gasteiger partial charge in [0.25, 0.3) is 0 Å². The molecule has 0 saturated heterocycles. The first-order valence-electron chi connectivity index (χ1n) is 14.3. The molecule has 0 heterocycles. The molecule has 202 valence electrons. The van der Waals surface area contributed by atoms with Gasteiger partial charge in [-0.15, -0.1) is 0 Å². The quantitative estimate of drug-likeness (QED) is 0.369. The van der Waals surface area contributed by atoms with E-state index < -0.39 is 0 Å². The molecule has 4 aliphatic rings. The van der Waals surface area contributed by atoms with Gasteiger partial charge < -0.3 is 0 Å². The average Bonchev–Trinajstić information content (AvgIpc) is 3.26. The zero-order valence-electron chi connectivity index (χ0n) is 23.6. The molecule has 0 amide bonds. The lowest BCUT2D eigenvalue weighted by Crippen LogP contribution is -2.49. The van der Waals surface area contributed by atoms with E-state index in [0.717, 1.165) is 45.3 Å². The van der Waals surface area contributed by atoms with Crippen molar-refractivity contribution in [3.8, 4) is 0 Å². The Labute approximate surface area is 241 Å². The van der Waals surface area contributed by atoms with Gasteiger partial charge in [-0.3, -0.25) is 9.59 Å². The third-order valence-corrected chi connectivity index (χ3v) is 12.4. The smallest absolute Gasteiger partial charge is 0.206 e. The monoisotopic (exact) mass is 554 g/mol. The third kappa shape index (κ3) is 4.52. The Morgan fingerprint density at radius 2 is 1.46 bits per heavy atom. The lowest BCUT2D eigenvalue weighted by atomic mass is 9.49. The number of thioether (sulfide) groups is 2. The van der Waals surface area contributed by atoms with Crippen LogP contribution in [0.5, 0.6) is 0 Å². The van der Waals surface area contributed by atoms with E-state index in [1.165, 1.54) is 16.7 Å². The molecule has 2 fully saturated rings. The molecule has 0 aliphatic heterocycles. The van der Waals surface area contributed by atoms with E-state index in [2.05, 4.69) is 94.5 Å². The maximum atomic E-state index is 14.1. The topological polar surface area (TPSA) is 34.1 Å². The summed E-state index contributed by atoms with van der Waals surface area (Å²) in [5, 5.41) is 0. The van der Waals surface area contributed by atoms with E-state index >= 15 is 0 Å². The Kier molecular flexibility index (Phi) is 6.87. The lowest BCUT2D eigenvalue weighted by Gasteiger charge is -2.55. The molecule has 0 radical (unpaired) electrons. The van der Waals surface area contributed by atoms with E-state index in [4.69, 9.17) is 0 Å². The second kappa shape index (κ2) is 9.96. The fourth-order valence-electron chi connectivity index (χ4n) is 8.13. The number of hydrogen-bond acceptors (Lipinski definition) is 4. The zero-order chi connectivity index (χ0) is 27.5.